The lowest BCUT2D eigenvalue weighted by Crippen LogP contribution is -2.49. The van der Waals surface area contributed by atoms with Crippen molar-refractivity contribution in [2.45, 2.75) is 24.9 Å². The number of methoxy groups -OCH3 is 1. The van der Waals surface area contributed by atoms with Crippen LogP contribution in [0.15, 0.2) is 24.3 Å². The van der Waals surface area contributed by atoms with E-state index in [1.54, 1.807) is 7.11 Å². The molecule has 4 rings (SSSR count). The molecule has 1 fully saturated rings. The van der Waals surface area contributed by atoms with Gasteiger partial charge in [-0.25, -0.2) is 4.98 Å². The van der Waals surface area contributed by atoms with Crippen LogP contribution in [-0.2, 0) is 27.9 Å². The summed E-state index contributed by atoms with van der Waals surface area (Å²) in [6, 6.07) is 8.67. The van der Waals surface area contributed by atoms with Crippen LogP contribution >= 0.6 is 11.5 Å². The van der Waals surface area contributed by atoms with Crippen LogP contribution in [0.4, 0.5) is 5.13 Å². The topological polar surface area (TPSA) is 47.5 Å². The van der Waals surface area contributed by atoms with Gasteiger partial charge in [-0.05, 0) is 24.0 Å². The van der Waals surface area contributed by atoms with E-state index in [9.17, 15) is 0 Å². The van der Waals surface area contributed by atoms with Crippen LogP contribution in [0.5, 0.6) is 0 Å². The molecule has 2 aromatic rings. The summed E-state index contributed by atoms with van der Waals surface area (Å²) in [6.07, 6.45) is 2.92. The van der Waals surface area contributed by atoms with Gasteiger partial charge in [0.15, 0.2) is 0 Å². The molecule has 0 saturated carbocycles. The highest BCUT2D eigenvalue weighted by Gasteiger charge is 2.43. The molecule has 0 radical (unpaired) electrons. The first-order chi connectivity index (χ1) is 11.3. The van der Waals surface area contributed by atoms with Crippen LogP contribution in [0.2, 0.25) is 0 Å². The van der Waals surface area contributed by atoms with Gasteiger partial charge in [0.05, 0.1) is 19.8 Å². The smallest absolute Gasteiger partial charge is 0.205 e. The maximum atomic E-state index is 6.27. The van der Waals surface area contributed by atoms with Gasteiger partial charge in [-0.15, -0.1) is 0 Å². The number of morpholine rings is 1. The molecule has 0 amide bonds. The molecular weight excluding hydrogens is 310 g/mol. The van der Waals surface area contributed by atoms with E-state index >= 15 is 0 Å². The maximum absolute atomic E-state index is 6.27. The molecule has 1 unspecified atom stereocenters. The van der Waals surface area contributed by atoms with E-state index in [2.05, 4.69) is 38.5 Å². The van der Waals surface area contributed by atoms with Crippen molar-refractivity contribution in [3.8, 4) is 0 Å². The number of aryl methyl sites for hydroxylation is 1. The van der Waals surface area contributed by atoms with Crippen LogP contribution in [0.1, 0.15) is 23.4 Å². The predicted octanol–water partition coefficient (Wildman–Crippen LogP) is 2.41. The molecule has 5 nitrogen and oxygen atoms in total. The largest absolute Gasteiger partial charge is 0.384 e. The van der Waals surface area contributed by atoms with Gasteiger partial charge < -0.3 is 14.4 Å². The molecule has 122 valence electrons. The van der Waals surface area contributed by atoms with Gasteiger partial charge in [0, 0.05) is 31.6 Å². The second-order valence-corrected chi connectivity index (χ2v) is 6.89. The fourth-order valence-corrected chi connectivity index (χ4v) is 4.32. The number of benzene rings is 1. The van der Waals surface area contributed by atoms with E-state index in [-0.39, 0.29) is 5.60 Å². The van der Waals surface area contributed by atoms with Gasteiger partial charge >= 0.3 is 0 Å². The van der Waals surface area contributed by atoms with Gasteiger partial charge in [-0.3, -0.25) is 0 Å². The Bertz CT molecular complexity index is 686. The molecule has 1 spiro atoms. The maximum Gasteiger partial charge on any atom is 0.205 e. The Labute approximate surface area is 140 Å². The zero-order valence-corrected chi connectivity index (χ0v) is 14.1. The molecule has 2 aliphatic rings. The molecule has 0 bridgehead atoms. The highest BCUT2D eigenvalue weighted by atomic mass is 32.1. The zero-order chi connectivity index (χ0) is 15.7. The van der Waals surface area contributed by atoms with Crippen molar-refractivity contribution >= 4 is 16.7 Å². The Morgan fingerprint density at radius 3 is 3.22 bits per heavy atom. The van der Waals surface area contributed by atoms with Gasteiger partial charge in [0.2, 0.25) is 5.13 Å². The first kappa shape index (κ1) is 15.1. The molecule has 1 aromatic heterocycles. The fourth-order valence-electron chi connectivity index (χ4n) is 3.58. The van der Waals surface area contributed by atoms with Gasteiger partial charge in [-0.2, -0.15) is 4.37 Å². The van der Waals surface area contributed by atoms with Crippen LogP contribution in [0, 0.1) is 0 Å². The minimum Gasteiger partial charge on any atom is -0.384 e. The van der Waals surface area contributed by atoms with Gasteiger partial charge in [-0.1, -0.05) is 24.3 Å². The minimum absolute atomic E-state index is 0.173. The third-order valence-corrected chi connectivity index (χ3v) is 5.56. The predicted molar refractivity (Wildman–Crippen MR) is 90.1 cm³/mol. The number of ether oxygens (including phenoxy) is 2. The number of nitrogens with zero attached hydrogens (tertiary/aromatic N) is 3. The summed E-state index contributed by atoms with van der Waals surface area (Å²) in [7, 11) is 1.70. The van der Waals surface area contributed by atoms with Crippen molar-refractivity contribution in [2.75, 3.05) is 38.3 Å². The van der Waals surface area contributed by atoms with E-state index in [0.29, 0.717) is 6.61 Å². The second-order valence-electron chi connectivity index (χ2n) is 6.16. The molecular formula is C17H21N3O2S. The van der Waals surface area contributed by atoms with Gasteiger partial charge in [0.25, 0.3) is 0 Å². The van der Waals surface area contributed by atoms with Crippen LogP contribution < -0.4 is 4.90 Å². The molecule has 1 atom stereocenters. The summed E-state index contributed by atoms with van der Waals surface area (Å²) in [6.45, 7) is 3.14. The lowest BCUT2D eigenvalue weighted by molar-refractivity contribution is -0.0592. The highest BCUT2D eigenvalue weighted by Crippen LogP contribution is 2.43. The Hall–Kier alpha value is -1.50. The van der Waals surface area contributed by atoms with Crippen molar-refractivity contribution < 1.29 is 9.47 Å². The summed E-state index contributed by atoms with van der Waals surface area (Å²) in [5, 5.41) is 1.00. The number of hydrogen-bond acceptors (Lipinski definition) is 6. The summed E-state index contributed by atoms with van der Waals surface area (Å²) < 4.78 is 15.8. The number of aromatic nitrogens is 2. The Kier molecular flexibility index (Phi) is 4.05. The molecule has 0 N–H and O–H groups in total. The van der Waals surface area contributed by atoms with Crippen molar-refractivity contribution in [3.05, 3.63) is 41.2 Å². The standard InChI is InChI=1S/C17H21N3O2S/c1-21-10-7-15-18-16(23-19-15)20-9-11-22-17(12-20)8-6-13-4-2-3-5-14(13)17/h2-5H,6-12H2,1H3. The lowest BCUT2D eigenvalue weighted by Gasteiger charge is -2.41. The lowest BCUT2D eigenvalue weighted by atomic mass is 9.94. The van der Waals surface area contributed by atoms with Crippen molar-refractivity contribution in [1.29, 1.82) is 0 Å². The second kappa shape index (κ2) is 6.19. The number of rotatable bonds is 4. The molecule has 1 aromatic carbocycles. The number of hydrogen-bond donors (Lipinski definition) is 0. The summed E-state index contributed by atoms with van der Waals surface area (Å²) in [4.78, 5) is 7.01. The normalized spacial score (nSPS) is 23.4. The highest BCUT2D eigenvalue weighted by molar-refractivity contribution is 7.09. The molecule has 2 heterocycles. The Morgan fingerprint density at radius 1 is 1.39 bits per heavy atom. The van der Waals surface area contributed by atoms with E-state index in [0.717, 1.165) is 49.9 Å². The first-order valence-corrected chi connectivity index (χ1v) is 8.87. The number of anilines is 1. The molecule has 1 aliphatic heterocycles. The SMILES string of the molecule is COCCc1nsc(N2CCOC3(CCc4ccccc43)C2)n1. The monoisotopic (exact) mass is 331 g/mol. The molecule has 6 heteroatoms. The van der Waals surface area contributed by atoms with Crippen molar-refractivity contribution in [2.24, 2.45) is 0 Å². The Balaban J connectivity index is 1.55. The number of fused-ring (bicyclic) bond motifs is 2. The van der Waals surface area contributed by atoms with Gasteiger partial charge in [0.1, 0.15) is 11.4 Å². The quantitative estimate of drug-likeness (QED) is 0.861. The zero-order valence-electron chi connectivity index (χ0n) is 13.3. The van der Waals surface area contributed by atoms with E-state index < -0.39 is 0 Å². The van der Waals surface area contributed by atoms with E-state index in [1.165, 1.54) is 22.7 Å². The molecule has 23 heavy (non-hydrogen) atoms. The Morgan fingerprint density at radius 2 is 2.30 bits per heavy atom. The summed E-state index contributed by atoms with van der Waals surface area (Å²) in [5.74, 6) is 0.874. The third kappa shape index (κ3) is 2.75. The molecule has 1 aliphatic carbocycles. The van der Waals surface area contributed by atoms with E-state index in [1.807, 2.05) is 0 Å². The van der Waals surface area contributed by atoms with Crippen molar-refractivity contribution in [1.82, 2.24) is 9.36 Å². The average molecular weight is 331 g/mol. The van der Waals surface area contributed by atoms with Crippen LogP contribution in [-0.4, -0.2) is 42.8 Å². The third-order valence-electron chi connectivity index (χ3n) is 4.75. The average Bonchev–Trinajstić information content (AvgIpc) is 3.20. The van der Waals surface area contributed by atoms with Crippen molar-refractivity contribution in [3.63, 3.8) is 0 Å². The van der Waals surface area contributed by atoms with E-state index in [4.69, 9.17) is 9.47 Å². The summed E-state index contributed by atoms with van der Waals surface area (Å²) in [5.41, 5.74) is 2.61. The molecule has 1 saturated heterocycles. The fraction of sp³-hybridized carbons (Fsp3) is 0.529. The summed E-state index contributed by atoms with van der Waals surface area (Å²) >= 11 is 1.48. The minimum atomic E-state index is -0.173. The van der Waals surface area contributed by atoms with Crippen LogP contribution in [0.25, 0.3) is 0 Å². The first-order valence-electron chi connectivity index (χ1n) is 8.09. The van der Waals surface area contributed by atoms with Crippen LogP contribution in [0.3, 0.4) is 0 Å².